The molecule has 1 aromatic rings. The Labute approximate surface area is 120 Å². The van der Waals surface area contributed by atoms with Gasteiger partial charge in [-0.1, -0.05) is 12.1 Å². The molecule has 0 aliphatic heterocycles. The van der Waals surface area contributed by atoms with E-state index < -0.39 is 0 Å². The van der Waals surface area contributed by atoms with Crippen molar-refractivity contribution in [3.05, 3.63) is 29.8 Å². The number of hydrogen-bond acceptors (Lipinski definition) is 3. The van der Waals surface area contributed by atoms with Gasteiger partial charge in [-0.05, 0) is 43.8 Å². The lowest BCUT2D eigenvalue weighted by molar-refractivity contribution is 0.204. The maximum atomic E-state index is 5.41. The molecule has 2 N–H and O–H groups in total. The first-order valence-electron chi connectivity index (χ1n) is 6.43. The highest BCUT2D eigenvalue weighted by Crippen LogP contribution is 2.17. The Morgan fingerprint density at radius 3 is 2.58 bits per heavy atom. The van der Waals surface area contributed by atoms with Crippen molar-refractivity contribution < 1.29 is 9.47 Å². The van der Waals surface area contributed by atoms with Crippen LogP contribution < -0.4 is 15.4 Å². The summed E-state index contributed by atoms with van der Waals surface area (Å²) in [6.07, 6.45) is 0. The normalized spacial score (nSPS) is 11.7. The van der Waals surface area contributed by atoms with Crippen LogP contribution >= 0.6 is 12.2 Å². The van der Waals surface area contributed by atoms with E-state index in [2.05, 4.69) is 17.6 Å². The van der Waals surface area contributed by atoms with Gasteiger partial charge >= 0.3 is 0 Å². The molecule has 1 aromatic carbocycles. The van der Waals surface area contributed by atoms with Crippen molar-refractivity contribution >= 4 is 17.3 Å². The third-order valence-corrected chi connectivity index (χ3v) is 2.89. The summed E-state index contributed by atoms with van der Waals surface area (Å²) in [4.78, 5) is 0. The van der Waals surface area contributed by atoms with Crippen LogP contribution in [0.15, 0.2) is 24.3 Å². The molecule has 0 spiro atoms. The molecule has 106 valence electrons. The van der Waals surface area contributed by atoms with Crippen LogP contribution in [0.5, 0.6) is 5.75 Å². The second-order valence-corrected chi connectivity index (χ2v) is 4.53. The van der Waals surface area contributed by atoms with Crippen molar-refractivity contribution in [2.45, 2.75) is 19.9 Å². The third kappa shape index (κ3) is 5.89. The Bertz CT molecular complexity index is 382. The van der Waals surface area contributed by atoms with Crippen molar-refractivity contribution in [2.24, 2.45) is 0 Å². The smallest absolute Gasteiger partial charge is 0.166 e. The molecular formula is C14H22N2O2S. The van der Waals surface area contributed by atoms with E-state index in [1.165, 1.54) is 5.56 Å². The average molecular weight is 282 g/mol. The molecule has 0 saturated heterocycles. The SMILES string of the molecule is CCOc1ccc(C(C)NC(=S)NCCOC)cc1. The molecule has 0 saturated carbocycles. The van der Waals surface area contributed by atoms with E-state index in [0.717, 1.165) is 5.75 Å². The number of rotatable bonds is 7. The Hall–Kier alpha value is -1.33. The first-order chi connectivity index (χ1) is 9.17. The number of ether oxygens (including phenoxy) is 2. The van der Waals surface area contributed by atoms with E-state index in [-0.39, 0.29) is 6.04 Å². The van der Waals surface area contributed by atoms with Gasteiger partial charge < -0.3 is 20.1 Å². The molecule has 0 amide bonds. The molecule has 19 heavy (non-hydrogen) atoms. The maximum Gasteiger partial charge on any atom is 0.166 e. The molecule has 0 aliphatic carbocycles. The fourth-order valence-electron chi connectivity index (χ4n) is 1.62. The molecule has 4 nitrogen and oxygen atoms in total. The lowest BCUT2D eigenvalue weighted by Crippen LogP contribution is -2.38. The minimum Gasteiger partial charge on any atom is -0.494 e. The molecule has 1 atom stereocenters. The standard InChI is InChI=1S/C14H22N2O2S/c1-4-18-13-7-5-12(6-8-13)11(2)16-14(19)15-9-10-17-3/h5-8,11H,4,9-10H2,1-3H3,(H2,15,16,19). The van der Waals surface area contributed by atoms with Crippen molar-refractivity contribution in [1.82, 2.24) is 10.6 Å². The summed E-state index contributed by atoms with van der Waals surface area (Å²) in [5.74, 6) is 0.888. The predicted molar refractivity (Wildman–Crippen MR) is 81.6 cm³/mol. The van der Waals surface area contributed by atoms with Gasteiger partial charge in [0.05, 0.1) is 19.3 Å². The minimum absolute atomic E-state index is 0.151. The zero-order valence-electron chi connectivity index (χ0n) is 11.7. The molecule has 0 radical (unpaired) electrons. The Morgan fingerprint density at radius 2 is 2.00 bits per heavy atom. The Balaban J connectivity index is 2.43. The van der Waals surface area contributed by atoms with Gasteiger partial charge in [0.2, 0.25) is 0 Å². The largest absolute Gasteiger partial charge is 0.494 e. The van der Waals surface area contributed by atoms with Crippen molar-refractivity contribution in [1.29, 1.82) is 0 Å². The van der Waals surface area contributed by atoms with Gasteiger partial charge in [-0.15, -0.1) is 0 Å². The monoisotopic (exact) mass is 282 g/mol. The molecule has 0 aliphatic rings. The highest BCUT2D eigenvalue weighted by molar-refractivity contribution is 7.80. The second kappa shape index (κ2) is 8.72. The number of nitrogens with one attached hydrogen (secondary N) is 2. The van der Waals surface area contributed by atoms with Crippen molar-refractivity contribution in [3.8, 4) is 5.75 Å². The van der Waals surface area contributed by atoms with Crippen LogP contribution in [-0.4, -0.2) is 32.0 Å². The van der Waals surface area contributed by atoms with Crippen molar-refractivity contribution in [3.63, 3.8) is 0 Å². The van der Waals surface area contributed by atoms with E-state index >= 15 is 0 Å². The quantitative estimate of drug-likeness (QED) is 0.593. The van der Waals surface area contributed by atoms with Gasteiger partial charge in [0.15, 0.2) is 5.11 Å². The lowest BCUT2D eigenvalue weighted by atomic mass is 10.1. The highest BCUT2D eigenvalue weighted by Gasteiger charge is 2.06. The summed E-state index contributed by atoms with van der Waals surface area (Å²) in [6.45, 7) is 6.07. The van der Waals surface area contributed by atoms with Gasteiger partial charge in [0, 0.05) is 13.7 Å². The fraction of sp³-hybridized carbons (Fsp3) is 0.500. The first-order valence-corrected chi connectivity index (χ1v) is 6.84. The molecule has 0 bridgehead atoms. The van der Waals surface area contributed by atoms with Crippen molar-refractivity contribution in [2.75, 3.05) is 26.9 Å². The molecule has 0 fully saturated rings. The number of hydrogen-bond donors (Lipinski definition) is 2. The van der Waals surface area contributed by atoms with Crippen LogP contribution in [0.1, 0.15) is 25.5 Å². The van der Waals surface area contributed by atoms with Gasteiger partial charge in [0.1, 0.15) is 5.75 Å². The Kier molecular flexibility index (Phi) is 7.22. The van der Waals surface area contributed by atoms with E-state index in [1.807, 2.05) is 31.2 Å². The molecule has 0 heterocycles. The van der Waals surface area contributed by atoms with Crippen LogP contribution in [0.25, 0.3) is 0 Å². The van der Waals surface area contributed by atoms with Crippen LogP contribution in [0, 0.1) is 0 Å². The first kappa shape index (κ1) is 15.7. The van der Waals surface area contributed by atoms with E-state index in [9.17, 15) is 0 Å². The van der Waals surface area contributed by atoms with E-state index in [1.54, 1.807) is 7.11 Å². The maximum absolute atomic E-state index is 5.41. The van der Waals surface area contributed by atoms with E-state index in [4.69, 9.17) is 21.7 Å². The molecular weight excluding hydrogens is 260 g/mol. The van der Waals surface area contributed by atoms with Crippen LogP contribution in [0.2, 0.25) is 0 Å². The van der Waals surface area contributed by atoms with Gasteiger partial charge in [-0.3, -0.25) is 0 Å². The summed E-state index contributed by atoms with van der Waals surface area (Å²) in [5, 5.41) is 6.95. The third-order valence-electron chi connectivity index (χ3n) is 2.63. The number of benzene rings is 1. The average Bonchev–Trinajstić information content (AvgIpc) is 2.40. The Morgan fingerprint density at radius 1 is 1.32 bits per heavy atom. The fourth-order valence-corrected chi connectivity index (χ4v) is 1.90. The minimum atomic E-state index is 0.151. The molecule has 0 aromatic heterocycles. The number of methoxy groups -OCH3 is 1. The zero-order chi connectivity index (χ0) is 14.1. The summed E-state index contributed by atoms with van der Waals surface area (Å²) in [6, 6.07) is 8.18. The van der Waals surface area contributed by atoms with Gasteiger partial charge in [-0.2, -0.15) is 0 Å². The molecule has 5 heteroatoms. The van der Waals surface area contributed by atoms with Crippen LogP contribution in [0.3, 0.4) is 0 Å². The molecule has 1 unspecified atom stereocenters. The van der Waals surface area contributed by atoms with Gasteiger partial charge in [0.25, 0.3) is 0 Å². The van der Waals surface area contributed by atoms with E-state index in [0.29, 0.717) is 24.9 Å². The second-order valence-electron chi connectivity index (χ2n) is 4.12. The summed E-state index contributed by atoms with van der Waals surface area (Å²) in [7, 11) is 1.67. The molecule has 1 rings (SSSR count). The van der Waals surface area contributed by atoms with Crippen LogP contribution in [0.4, 0.5) is 0 Å². The summed E-state index contributed by atoms with van der Waals surface area (Å²) >= 11 is 5.21. The van der Waals surface area contributed by atoms with Crippen LogP contribution in [-0.2, 0) is 4.74 Å². The topological polar surface area (TPSA) is 42.5 Å². The lowest BCUT2D eigenvalue weighted by Gasteiger charge is -2.17. The van der Waals surface area contributed by atoms with Gasteiger partial charge in [-0.25, -0.2) is 0 Å². The zero-order valence-corrected chi connectivity index (χ0v) is 12.5. The summed E-state index contributed by atoms with van der Waals surface area (Å²) in [5.41, 5.74) is 1.17. The highest BCUT2D eigenvalue weighted by atomic mass is 32.1. The number of thiocarbonyl (C=S) groups is 1. The predicted octanol–water partition coefficient (Wildman–Crippen LogP) is 2.26. The summed E-state index contributed by atoms with van der Waals surface area (Å²) < 4.78 is 10.4.